The van der Waals surface area contributed by atoms with Gasteiger partial charge in [0, 0.05) is 25.3 Å². The smallest absolute Gasteiger partial charge is 0.125 e. The van der Waals surface area contributed by atoms with Gasteiger partial charge in [0.1, 0.15) is 17.7 Å². The van der Waals surface area contributed by atoms with Crippen LogP contribution in [0.15, 0.2) is 42.5 Å². The number of benzene rings is 2. The molecule has 1 atom stereocenters. The zero-order valence-corrected chi connectivity index (χ0v) is 11.8. The van der Waals surface area contributed by atoms with Crippen LogP contribution in [0.25, 0.3) is 0 Å². The van der Waals surface area contributed by atoms with Crippen LogP contribution in [0.3, 0.4) is 0 Å². The van der Waals surface area contributed by atoms with Gasteiger partial charge in [0.05, 0.1) is 7.11 Å². The molecule has 106 valence electrons. The van der Waals surface area contributed by atoms with Crippen LogP contribution >= 0.6 is 0 Å². The molecular formula is C16H18FNO2. The molecule has 1 unspecified atom stereocenters. The third-order valence-corrected chi connectivity index (χ3v) is 3.21. The lowest BCUT2D eigenvalue weighted by atomic mass is 10.00. The number of ether oxygens (including phenoxy) is 1. The Bertz CT molecular complexity index is 582. The predicted molar refractivity (Wildman–Crippen MR) is 77.8 cm³/mol. The maximum absolute atomic E-state index is 13.4. The van der Waals surface area contributed by atoms with Crippen molar-refractivity contribution in [3.8, 4) is 5.75 Å². The second kappa shape index (κ2) is 5.92. The summed E-state index contributed by atoms with van der Waals surface area (Å²) in [6.07, 6.45) is -0.920. The van der Waals surface area contributed by atoms with Gasteiger partial charge in [-0.05, 0) is 35.9 Å². The summed E-state index contributed by atoms with van der Waals surface area (Å²) in [4.78, 5) is 1.97. The van der Waals surface area contributed by atoms with Gasteiger partial charge in [0.15, 0.2) is 0 Å². The Morgan fingerprint density at radius 2 is 1.75 bits per heavy atom. The zero-order valence-electron chi connectivity index (χ0n) is 11.8. The predicted octanol–water partition coefficient (Wildman–Crippen LogP) is 2.98. The molecule has 0 aliphatic carbocycles. The summed E-state index contributed by atoms with van der Waals surface area (Å²) in [6, 6.07) is 11.6. The molecule has 0 amide bonds. The molecule has 3 nitrogen and oxygen atoms in total. The van der Waals surface area contributed by atoms with E-state index in [0.717, 1.165) is 5.69 Å². The maximum atomic E-state index is 13.4. The monoisotopic (exact) mass is 275 g/mol. The van der Waals surface area contributed by atoms with Gasteiger partial charge >= 0.3 is 0 Å². The van der Waals surface area contributed by atoms with E-state index in [-0.39, 0.29) is 0 Å². The molecular weight excluding hydrogens is 257 g/mol. The van der Waals surface area contributed by atoms with E-state index in [0.29, 0.717) is 16.9 Å². The highest BCUT2D eigenvalue weighted by atomic mass is 19.1. The number of halogens is 1. The Morgan fingerprint density at radius 1 is 1.10 bits per heavy atom. The highest BCUT2D eigenvalue weighted by Crippen LogP contribution is 2.31. The van der Waals surface area contributed by atoms with Crippen LogP contribution in [-0.2, 0) is 0 Å². The Kier molecular flexibility index (Phi) is 4.25. The fourth-order valence-electron chi connectivity index (χ4n) is 2.05. The molecule has 0 spiro atoms. The molecule has 0 aliphatic rings. The van der Waals surface area contributed by atoms with E-state index in [2.05, 4.69) is 0 Å². The molecule has 0 aromatic heterocycles. The quantitative estimate of drug-likeness (QED) is 0.931. The van der Waals surface area contributed by atoms with Crippen LogP contribution < -0.4 is 9.64 Å². The third-order valence-electron chi connectivity index (χ3n) is 3.21. The van der Waals surface area contributed by atoms with Gasteiger partial charge in [-0.3, -0.25) is 0 Å². The van der Waals surface area contributed by atoms with E-state index < -0.39 is 11.9 Å². The lowest BCUT2D eigenvalue weighted by Gasteiger charge is -2.17. The first-order valence-corrected chi connectivity index (χ1v) is 6.31. The van der Waals surface area contributed by atoms with Crippen LogP contribution in [0.4, 0.5) is 10.1 Å². The highest BCUT2D eigenvalue weighted by molar-refractivity contribution is 5.48. The number of nitrogens with zero attached hydrogens (tertiary/aromatic N) is 1. The number of aliphatic hydroxyl groups is 1. The van der Waals surface area contributed by atoms with Gasteiger partial charge in [0.25, 0.3) is 0 Å². The molecule has 1 N–H and O–H groups in total. The van der Waals surface area contributed by atoms with E-state index in [4.69, 9.17) is 4.74 Å². The minimum atomic E-state index is -0.920. The van der Waals surface area contributed by atoms with E-state index in [1.54, 1.807) is 0 Å². The number of hydrogen-bond acceptors (Lipinski definition) is 3. The van der Waals surface area contributed by atoms with Crippen molar-refractivity contribution in [1.82, 2.24) is 0 Å². The minimum Gasteiger partial charge on any atom is -0.496 e. The fraction of sp³-hybridized carbons (Fsp3) is 0.250. The molecule has 0 saturated heterocycles. The molecule has 0 bridgehead atoms. The highest BCUT2D eigenvalue weighted by Gasteiger charge is 2.16. The van der Waals surface area contributed by atoms with E-state index in [1.165, 1.54) is 25.3 Å². The van der Waals surface area contributed by atoms with Crippen molar-refractivity contribution in [3.63, 3.8) is 0 Å². The molecule has 0 fully saturated rings. The van der Waals surface area contributed by atoms with Crippen molar-refractivity contribution in [1.29, 1.82) is 0 Å². The topological polar surface area (TPSA) is 32.7 Å². The van der Waals surface area contributed by atoms with Gasteiger partial charge in [-0.1, -0.05) is 12.1 Å². The second-order valence-corrected chi connectivity index (χ2v) is 4.77. The molecule has 0 aliphatic heterocycles. The van der Waals surface area contributed by atoms with Crippen molar-refractivity contribution >= 4 is 5.69 Å². The van der Waals surface area contributed by atoms with Gasteiger partial charge in [-0.2, -0.15) is 0 Å². The van der Waals surface area contributed by atoms with Crippen LogP contribution in [0, 0.1) is 5.82 Å². The lowest BCUT2D eigenvalue weighted by molar-refractivity contribution is 0.214. The lowest BCUT2D eigenvalue weighted by Crippen LogP contribution is -2.09. The Balaban J connectivity index is 2.35. The summed E-state index contributed by atoms with van der Waals surface area (Å²) >= 11 is 0. The van der Waals surface area contributed by atoms with Gasteiger partial charge < -0.3 is 14.7 Å². The van der Waals surface area contributed by atoms with Gasteiger partial charge in [0.2, 0.25) is 0 Å². The molecule has 0 radical (unpaired) electrons. The largest absolute Gasteiger partial charge is 0.496 e. The number of rotatable bonds is 4. The van der Waals surface area contributed by atoms with Gasteiger partial charge in [-0.25, -0.2) is 4.39 Å². The summed E-state index contributed by atoms with van der Waals surface area (Å²) in [5, 5.41) is 10.4. The van der Waals surface area contributed by atoms with Crippen molar-refractivity contribution in [2.75, 3.05) is 26.1 Å². The Morgan fingerprint density at radius 3 is 2.30 bits per heavy atom. The molecule has 0 heterocycles. The van der Waals surface area contributed by atoms with Crippen molar-refractivity contribution in [2.45, 2.75) is 6.10 Å². The molecule has 2 aromatic rings. The summed E-state index contributed by atoms with van der Waals surface area (Å²) in [5.41, 5.74) is 2.15. The van der Waals surface area contributed by atoms with Crippen LogP contribution in [0.5, 0.6) is 5.75 Å². The Labute approximate surface area is 118 Å². The zero-order chi connectivity index (χ0) is 14.7. The number of hydrogen-bond donors (Lipinski definition) is 1. The van der Waals surface area contributed by atoms with Crippen molar-refractivity contribution in [3.05, 3.63) is 59.4 Å². The first kappa shape index (κ1) is 14.3. The summed E-state index contributed by atoms with van der Waals surface area (Å²) in [5.74, 6) is 0.0698. The first-order valence-electron chi connectivity index (χ1n) is 6.31. The molecule has 2 aromatic carbocycles. The van der Waals surface area contributed by atoms with Crippen LogP contribution in [0.1, 0.15) is 17.2 Å². The minimum absolute atomic E-state index is 0.398. The fourth-order valence-corrected chi connectivity index (χ4v) is 2.05. The molecule has 0 saturated carbocycles. The average Bonchev–Trinajstić information content (AvgIpc) is 2.46. The first-order chi connectivity index (χ1) is 9.52. The maximum Gasteiger partial charge on any atom is 0.125 e. The average molecular weight is 275 g/mol. The van der Waals surface area contributed by atoms with Crippen LogP contribution in [-0.4, -0.2) is 26.3 Å². The van der Waals surface area contributed by atoms with E-state index >= 15 is 0 Å². The number of methoxy groups -OCH3 is 1. The number of aliphatic hydroxyl groups excluding tert-OH is 1. The second-order valence-electron chi connectivity index (χ2n) is 4.77. The van der Waals surface area contributed by atoms with Crippen molar-refractivity contribution < 1.29 is 14.2 Å². The SMILES string of the molecule is COc1ccc(F)cc1C(O)c1ccc(N(C)C)cc1. The summed E-state index contributed by atoms with van der Waals surface area (Å²) in [7, 11) is 5.39. The summed E-state index contributed by atoms with van der Waals surface area (Å²) in [6.45, 7) is 0. The van der Waals surface area contributed by atoms with Gasteiger partial charge in [-0.15, -0.1) is 0 Å². The Hall–Kier alpha value is -2.07. The van der Waals surface area contributed by atoms with Crippen molar-refractivity contribution in [2.24, 2.45) is 0 Å². The summed E-state index contributed by atoms with van der Waals surface area (Å²) < 4.78 is 18.5. The van der Waals surface area contributed by atoms with Crippen LogP contribution in [0.2, 0.25) is 0 Å². The van der Waals surface area contributed by atoms with E-state index in [1.807, 2.05) is 43.3 Å². The molecule has 4 heteroatoms. The third kappa shape index (κ3) is 2.91. The van der Waals surface area contributed by atoms with E-state index in [9.17, 15) is 9.50 Å². The molecule has 20 heavy (non-hydrogen) atoms. The standard InChI is InChI=1S/C16H18FNO2/c1-18(2)13-7-4-11(5-8-13)16(19)14-10-12(17)6-9-15(14)20-3/h4-10,16,19H,1-3H3. The normalized spacial score (nSPS) is 12.1. The molecule has 2 rings (SSSR count). The number of anilines is 1.